The predicted molar refractivity (Wildman–Crippen MR) is 69.2 cm³/mol. The number of carbonyl (C=O) groups is 3. The minimum atomic E-state index is -0.935. The molecule has 114 valence electrons. The number of amides is 1. The Morgan fingerprint density at radius 2 is 1.85 bits per heavy atom. The highest BCUT2D eigenvalue weighted by Crippen LogP contribution is 2.20. The van der Waals surface area contributed by atoms with Crippen LogP contribution in [0.2, 0.25) is 0 Å². The van der Waals surface area contributed by atoms with Gasteiger partial charge in [-0.2, -0.15) is 0 Å². The zero-order valence-corrected chi connectivity index (χ0v) is 11.4. The van der Waals surface area contributed by atoms with Gasteiger partial charge in [0.25, 0.3) is 0 Å². The fraction of sp³-hybridized carbons (Fsp3) is 0.769. The van der Waals surface area contributed by atoms with E-state index in [9.17, 15) is 14.4 Å². The van der Waals surface area contributed by atoms with E-state index >= 15 is 0 Å². The number of esters is 1. The molecule has 0 aromatic rings. The second-order valence-corrected chi connectivity index (χ2v) is 4.74. The summed E-state index contributed by atoms with van der Waals surface area (Å²) in [4.78, 5) is 32.9. The Balaban J connectivity index is 2.04. The summed E-state index contributed by atoms with van der Waals surface area (Å²) in [6.07, 6.45) is 4.56. The average Bonchev–Trinajstić information content (AvgIpc) is 2.42. The molecule has 1 aliphatic rings. The second kappa shape index (κ2) is 9.17. The molecular weight excluding hydrogens is 266 g/mol. The number of hydrogen-bond acceptors (Lipinski definition) is 5. The van der Waals surface area contributed by atoms with E-state index in [1.165, 1.54) is 6.42 Å². The van der Waals surface area contributed by atoms with E-state index < -0.39 is 18.0 Å². The van der Waals surface area contributed by atoms with Crippen molar-refractivity contribution in [3.05, 3.63) is 0 Å². The lowest BCUT2D eigenvalue weighted by Gasteiger charge is -2.21. The van der Waals surface area contributed by atoms with Crippen molar-refractivity contribution in [3.63, 3.8) is 0 Å². The van der Waals surface area contributed by atoms with Crippen molar-refractivity contribution >= 4 is 18.0 Å². The monoisotopic (exact) mass is 287 g/mol. The van der Waals surface area contributed by atoms with Crippen molar-refractivity contribution in [2.45, 2.75) is 51.0 Å². The highest BCUT2D eigenvalue weighted by Gasteiger charge is 2.18. The Bertz CT molecular complexity index is 338. The number of alkyl carbamates (subject to hydrolysis) is 1. The van der Waals surface area contributed by atoms with Crippen LogP contribution in [0.5, 0.6) is 0 Å². The highest BCUT2D eigenvalue weighted by atomic mass is 16.6. The maximum absolute atomic E-state index is 11.4. The van der Waals surface area contributed by atoms with Crippen LogP contribution in [0, 0.1) is 0 Å². The molecule has 1 rings (SSSR count). The summed E-state index contributed by atoms with van der Waals surface area (Å²) in [5, 5.41) is 10.7. The van der Waals surface area contributed by atoms with Crippen LogP contribution in [0.4, 0.5) is 4.79 Å². The van der Waals surface area contributed by atoms with Crippen molar-refractivity contribution in [1.82, 2.24) is 5.32 Å². The summed E-state index contributed by atoms with van der Waals surface area (Å²) in [7, 11) is 0. The molecule has 2 N–H and O–H groups in total. The van der Waals surface area contributed by atoms with Gasteiger partial charge in [-0.15, -0.1) is 0 Å². The van der Waals surface area contributed by atoms with Gasteiger partial charge in [0.15, 0.2) is 0 Å². The van der Waals surface area contributed by atoms with Crippen LogP contribution in [-0.4, -0.2) is 42.4 Å². The van der Waals surface area contributed by atoms with Gasteiger partial charge in [-0.05, 0) is 32.1 Å². The highest BCUT2D eigenvalue weighted by molar-refractivity contribution is 5.77. The fourth-order valence-corrected chi connectivity index (χ4v) is 1.98. The number of carboxylic acids is 1. The van der Waals surface area contributed by atoms with Crippen LogP contribution in [0.15, 0.2) is 0 Å². The molecule has 0 bridgehead atoms. The topological polar surface area (TPSA) is 102 Å². The third-order valence-corrected chi connectivity index (χ3v) is 3.00. The molecule has 1 saturated carbocycles. The van der Waals surface area contributed by atoms with Crippen LogP contribution < -0.4 is 5.32 Å². The first-order chi connectivity index (χ1) is 9.58. The first-order valence-corrected chi connectivity index (χ1v) is 6.90. The van der Waals surface area contributed by atoms with E-state index in [1.807, 2.05) is 0 Å². The lowest BCUT2D eigenvalue weighted by Crippen LogP contribution is -2.34. The fourth-order valence-electron chi connectivity index (χ4n) is 1.98. The summed E-state index contributed by atoms with van der Waals surface area (Å²) in [6.45, 7) is -0.233. The maximum atomic E-state index is 11.4. The van der Waals surface area contributed by atoms with E-state index in [0.717, 1.165) is 25.7 Å². The van der Waals surface area contributed by atoms with Crippen molar-refractivity contribution in [1.29, 1.82) is 0 Å². The minimum Gasteiger partial charge on any atom is -0.481 e. The van der Waals surface area contributed by atoms with Gasteiger partial charge in [-0.3, -0.25) is 9.59 Å². The molecule has 0 heterocycles. The number of carbonyl (C=O) groups excluding carboxylic acids is 2. The van der Waals surface area contributed by atoms with Crippen LogP contribution in [0.1, 0.15) is 44.9 Å². The molecule has 0 aromatic carbocycles. The third-order valence-electron chi connectivity index (χ3n) is 3.00. The van der Waals surface area contributed by atoms with Gasteiger partial charge in [0.1, 0.15) is 12.6 Å². The molecule has 0 atom stereocenters. The second-order valence-electron chi connectivity index (χ2n) is 4.74. The number of carboxylic acid groups (broad SMARTS) is 1. The van der Waals surface area contributed by atoms with Crippen LogP contribution >= 0.6 is 0 Å². The van der Waals surface area contributed by atoms with Crippen LogP contribution in [0.3, 0.4) is 0 Å². The number of aliphatic carboxylic acids is 1. The van der Waals surface area contributed by atoms with Gasteiger partial charge < -0.3 is 19.9 Å². The van der Waals surface area contributed by atoms with Gasteiger partial charge >= 0.3 is 18.0 Å². The standard InChI is InChI=1S/C13H21NO6/c15-11(16)7-4-8-19-12(17)9-14-13(18)20-10-5-2-1-3-6-10/h10H,1-9H2,(H,14,18)(H,15,16). The Morgan fingerprint density at radius 3 is 2.50 bits per heavy atom. The van der Waals surface area contributed by atoms with Gasteiger partial charge in [-0.1, -0.05) is 6.42 Å². The van der Waals surface area contributed by atoms with E-state index in [4.69, 9.17) is 14.6 Å². The molecule has 0 aliphatic heterocycles. The molecule has 7 nitrogen and oxygen atoms in total. The lowest BCUT2D eigenvalue weighted by atomic mass is 9.98. The van der Waals surface area contributed by atoms with Crippen molar-refractivity contribution < 1.29 is 29.0 Å². The van der Waals surface area contributed by atoms with Crippen molar-refractivity contribution in [3.8, 4) is 0 Å². The molecule has 7 heteroatoms. The van der Waals surface area contributed by atoms with Gasteiger partial charge in [-0.25, -0.2) is 4.79 Å². The van der Waals surface area contributed by atoms with E-state index in [1.54, 1.807) is 0 Å². The quantitative estimate of drug-likeness (QED) is 0.543. The Morgan fingerprint density at radius 1 is 1.15 bits per heavy atom. The summed E-state index contributed by atoms with van der Waals surface area (Å²) in [5.41, 5.74) is 0. The summed E-state index contributed by atoms with van der Waals surface area (Å²) < 4.78 is 9.92. The molecule has 0 spiro atoms. The molecule has 0 aromatic heterocycles. The normalized spacial score (nSPS) is 15.4. The SMILES string of the molecule is O=C(O)CCCOC(=O)CNC(=O)OC1CCCCC1. The zero-order chi connectivity index (χ0) is 14.8. The first-order valence-electron chi connectivity index (χ1n) is 6.90. The van der Waals surface area contributed by atoms with Crippen molar-refractivity contribution in [2.24, 2.45) is 0 Å². The smallest absolute Gasteiger partial charge is 0.407 e. The Labute approximate surface area is 117 Å². The molecule has 0 saturated heterocycles. The molecule has 0 radical (unpaired) electrons. The minimum absolute atomic E-state index is 0.0322. The molecule has 0 unspecified atom stereocenters. The van der Waals surface area contributed by atoms with E-state index in [-0.39, 0.29) is 32.1 Å². The van der Waals surface area contributed by atoms with Gasteiger partial charge in [0.05, 0.1) is 6.61 Å². The number of rotatable bonds is 7. The first kappa shape index (κ1) is 16.3. The lowest BCUT2D eigenvalue weighted by molar-refractivity contribution is -0.144. The molecule has 20 heavy (non-hydrogen) atoms. The Kier molecular flexibility index (Phi) is 7.46. The molecule has 1 amide bonds. The average molecular weight is 287 g/mol. The van der Waals surface area contributed by atoms with Crippen molar-refractivity contribution in [2.75, 3.05) is 13.2 Å². The summed E-state index contributed by atoms with van der Waals surface area (Å²) in [5.74, 6) is -1.54. The number of nitrogens with one attached hydrogen (secondary N) is 1. The molecular formula is C13H21NO6. The molecule has 1 aliphatic carbocycles. The predicted octanol–water partition coefficient (Wildman–Crippen LogP) is 1.45. The van der Waals surface area contributed by atoms with Gasteiger partial charge in [0, 0.05) is 6.42 Å². The number of hydrogen-bond donors (Lipinski definition) is 2. The Hall–Kier alpha value is -1.79. The third kappa shape index (κ3) is 7.60. The summed E-state index contributed by atoms with van der Waals surface area (Å²) >= 11 is 0. The molecule has 1 fully saturated rings. The number of ether oxygens (including phenoxy) is 2. The van der Waals surface area contributed by atoms with E-state index in [0.29, 0.717) is 0 Å². The largest absolute Gasteiger partial charge is 0.481 e. The van der Waals surface area contributed by atoms with Crippen LogP contribution in [0.25, 0.3) is 0 Å². The summed E-state index contributed by atoms with van der Waals surface area (Å²) in [6, 6.07) is 0. The van der Waals surface area contributed by atoms with E-state index in [2.05, 4.69) is 5.32 Å². The van der Waals surface area contributed by atoms with Crippen LogP contribution in [-0.2, 0) is 19.1 Å². The van der Waals surface area contributed by atoms with Gasteiger partial charge in [0.2, 0.25) is 0 Å². The maximum Gasteiger partial charge on any atom is 0.407 e. The zero-order valence-electron chi connectivity index (χ0n) is 11.4.